The van der Waals surface area contributed by atoms with Gasteiger partial charge in [-0.25, -0.2) is 0 Å². The lowest BCUT2D eigenvalue weighted by atomic mass is 9.85. The fraction of sp³-hybridized carbons (Fsp3) is 0.538. The maximum atomic E-state index is 11.5. The van der Waals surface area contributed by atoms with Gasteiger partial charge in [-0.15, -0.1) is 34.8 Å². The predicted octanol–water partition coefficient (Wildman–Crippen LogP) is 3.93. The number of alkyl halides is 3. The van der Waals surface area contributed by atoms with E-state index in [0.717, 1.165) is 0 Å². The van der Waals surface area contributed by atoms with Gasteiger partial charge in [-0.3, -0.25) is 10.1 Å². The van der Waals surface area contributed by atoms with Crippen molar-refractivity contribution < 1.29 is 9.35 Å². The molecular weight excluding hydrogens is 353 g/mol. The third-order valence-corrected chi connectivity index (χ3v) is 4.31. The highest BCUT2D eigenvalue weighted by molar-refractivity contribution is 6.18. The van der Waals surface area contributed by atoms with E-state index in [-0.39, 0.29) is 17.4 Å². The molecule has 4 nitrogen and oxygen atoms in total. The van der Waals surface area contributed by atoms with Crippen molar-refractivity contribution in [3.63, 3.8) is 0 Å². The smallest absolute Gasteiger partial charge is 0.278 e. The van der Waals surface area contributed by atoms with Crippen molar-refractivity contribution >= 4 is 51.0 Å². The maximum absolute atomic E-state index is 11.5. The SMILES string of the molecule is O=[N+]([O-])c1c(CCCl)cccc1C(CCCl)(CCCl)O[Si]. The van der Waals surface area contributed by atoms with Gasteiger partial charge < -0.3 is 4.43 Å². The summed E-state index contributed by atoms with van der Waals surface area (Å²) in [6.07, 6.45) is 1.21. The van der Waals surface area contributed by atoms with Crippen molar-refractivity contribution in [2.75, 3.05) is 17.6 Å². The molecule has 115 valence electrons. The zero-order chi connectivity index (χ0) is 15.9. The van der Waals surface area contributed by atoms with Crippen LogP contribution < -0.4 is 0 Å². The fourth-order valence-electron chi connectivity index (χ4n) is 2.33. The molecule has 0 fully saturated rings. The normalized spacial score (nSPS) is 11.6. The Hall–Kier alpha value is -0.333. The number of para-hydroxylation sites is 1. The second-order valence-electron chi connectivity index (χ2n) is 4.48. The molecule has 0 N–H and O–H groups in total. The molecule has 3 radical (unpaired) electrons. The van der Waals surface area contributed by atoms with Crippen molar-refractivity contribution in [1.29, 1.82) is 0 Å². The van der Waals surface area contributed by atoms with Crippen LogP contribution in [-0.4, -0.2) is 33.0 Å². The van der Waals surface area contributed by atoms with E-state index >= 15 is 0 Å². The minimum atomic E-state index is -0.939. The van der Waals surface area contributed by atoms with Crippen LogP contribution in [0.4, 0.5) is 5.69 Å². The van der Waals surface area contributed by atoms with Gasteiger partial charge in [-0.05, 0) is 25.3 Å². The quantitative estimate of drug-likeness (QED) is 0.287. The number of nitro groups is 1. The van der Waals surface area contributed by atoms with E-state index < -0.39 is 10.5 Å². The number of aryl methyl sites for hydroxylation is 1. The van der Waals surface area contributed by atoms with Gasteiger partial charge in [0, 0.05) is 23.2 Å². The molecule has 0 saturated heterocycles. The molecule has 0 unspecified atom stereocenters. The van der Waals surface area contributed by atoms with Gasteiger partial charge in [-0.1, -0.05) is 12.1 Å². The molecular formula is C13H15Cl3NO3Si. The summed E-state index contributed by atoms with van der Waals surface area (Å²) in [4.78, 5) is 11.1. The van der Waals surface area contributed by atoms with Crippen LogP contribution in [0.25, 0.3) is 0 Å². The number of nitro benzene ring substituents is 1. The number of hydrogen-bond donors (Lipinski definition) is 0. The summed E-state index contributed by atoms with van der Waals surface area (Å²) < 4.78 is 5.43. The Morgan fingerprint density at radius 2 is 1.81 bits per heavy atom. The van der Waals surface area contributed by atoms with Crippen LogP contribution >= 0.6 is 34.8 Å². The van der Waals surface area contributed by atoms with Crippen LogP contribution in [0.5, 0.6) is 0 Å². The molecule has 21 heavy (non-hydrogen) atoms. The lowest BCUT2D eigenvalue weighted by Gasteiger charge is -2.32. The van der Waals surface area contributed by atoms with Crippen LogP contribution in [-0.2, 0) is 16.4 Å². The number of nitrogens with zero attached hydrogens (tertiary/aromatic N) is 1. The van der Waals surface area contributed by atoms with Gasteiger partial charge >= 0.3 is 0 Å². The zero-order valence-corrected chi connectivity index (χ0v) is 14.5. The molecule has 0 aliphatic rings. The van der Waals surface area contributed by atoms with Gasteiger partial charge in [0.2, 0.25) is 10.5 Å². The number of benzene rings is 1. The highest BCUT2D eigenvalue weighted by Crippen LogP contribution is 2.40. The summed E-state index contributed by atoms with van der Waals surface area (Å²) in [5.74, 6) is 0.882. The molecule has 1 rings (SSSR count). The first-order valence-corrected chi connectivity index (χ1v) is 8.37. The molecule has 0 aliphatic heterocycles. The molecule has 0 aromatic heterocycles. The van der Waals surface area contributed by atoms with Crippen molar-refractivity contribution in [2.45, 2.75) is 24.9 Å². The Bertz CT molecular complexity index is 482. The summed E-state index contributed by atoms with van der Waals surface area (Å²) in [5.41, 5.74) is 0.119. The van der Waals surface area contributed by atoms with Crippen LogP contribution in [0.2, 0.25) is 0 Å². The fourth-order valence-corrected chi connectivity index (χ4v) is 3.46. The highest BCUT2D eigenvalue weighted by Gasteiger charge is 2.37. The zero-order valence-electron chi connectivity index (χ0n) is 11.3. The van der Waals surface area contributed by atoms with Crippen LogP contribution in [0.15, 0.2) is 18.2 Å². The molecule has 0 amide bonds. The first kappa shape index (κ1) is 18.7. The van der Waals surface area contributed by atoms with Crippen molar-refractivity contribution in [1.82, 2.24) is 0 Å². The topological polar surface area (TPSA) is 52.4 Å². The van der Waals surface area contributed by atoms with Gasteiger partial charge in [0.05, 0.1) is 16.1 Å². The number of halogens is 3. The van der Waals surface area contributed by atoms with E-state index in [4.69, 9.17) is 39.2 Å². The Balaban J connectivity index is 3.49. The van der Waals surface area contributed by atoms with E-state index in [1.54, 1.807) is 18.2 Å². The van der Waals surface area contributed by atoms with Crippen molar-refractivity contribution in [3.05, 3.63) is 39.4 Å². The van der Waals surface area contributed by atoms with Gasteiger partial charge in [-0.2, -0.15) is 0 Å². The average Bonchev–Trinajstić information content (AvgIpc) is 2.46. The molecule has 1 aromatic rings. The second kappa shape index (κ2) is 8.95. The lowest BCUT2D eigenvalue weighted by molar-refractivity contribution is -0.387. The van der Waals surface area contributed by atoms with Crippen LogP contribution in [0.3, 0.4) is 0 Å². The Labute approximate surface area is 142 Å². The molecule has 0 saturated carbocycles. The summed E-state index contributed by atoms with van der Waals surface area (Å²) in [6, 6.07) is 5.13. The summed E-state index contributed by atoms with van der Waals surface area (Å²) in [5, 5.41) is 11.5. The summed E-state index contributed by atoms with van der Waals surface area (Å²) >= 11 is 17.4. The standard InChI is InChI=1S/C13H15Cl3NO3Si/c14-7-4-10-2-1-3-11(12(10)17(18)19)13(20-21,5-8-15)6-9-16/h1-3H,4-9H2. The van der Waals surface area contributed by atoms with Gasteiger partial charge in [0.25, 0.3) is 5.69 Å². The van der Waals surface area contributed by atoms with Gasteiger partial charge in [0.15, 0.2) is 0 Å². The average molecular weight is 368 g/mol. The Kier molecular flexibility index (Phi) is 7.98. The first-order chi connectivity index (χ1) is 10.1. The lowest BCUT2D eigenvalue weighted by Crippen LogP contribution is -2.31. The number of hydrogen-bond acceptors (Lipinski definition) is 3. The minimum absolute atomic E-state index is 0.0200. The van der Waals surface area contributed by atoms with E-state index in [0.29, 0.717) is 36.3 Å². The monoisotopic (exact) mass is 366 g/mol. The molecule has 0 atom stereocenters. The minimum Gasteiger partial charge on any atom is -0.409 e. The van der Waals surface area contributed by atoms with E-state index in [1.807, 2.05) is 0 Å². The molecule has 0 bridgehead atoms. The molecule has 0 aliphatic carbocycles. The second-order valence-corrected chi connectivity index (χ2v) is 5.82. The molecule has 8 heteroatoms. The van der Waals surface area contributed by atoms with Crippen LogP contribution in [0, 0.1) is 10.1 Å². The summed E-state index contributed by atoms with van der Waals surface area (Å²) in [7, 11) is 3.05. The van der Waals surface area contributed by atoms with E-state index in [9.17, 15) is 10.1 Å². The first-order valence-electron chi connectivity index (χ1n) is 6.35. The van der Waals surface area contributed by atoms with Gasteiger partial charge in [0.1, 0.15) is 0 Å². The highest BCUT2D eigenvalue weighted by atomic mass is 35.5. The molecule has 0 spiro atoms. The Morgan fingerprint density at radius 1 is 1.19 bits per heavy atom. The molecule has 0 heterocycles. The third-order valence-electron chi connectivity index (χ3n) is 3.35. The van der Waals surface area contributed by atoms with Crippen molar-refractivity contribution in [3.8, 4) is 0 Å². The third kappa shape index (κ3) is 4.33. The predicted molar refractivity (Wildman–Crippen MR) is 86.7 cm³/mol. The number of rotatable bonds is 9. The largest absolute Gasteiger partial charge is 0.409 e. The molecule has 1 aromatic carbocycles. The maximum Gasteiger partial charge on any atom is 0.278 e. The van der Waals surface area contributed by atoms with Crippen LogP contribution in [0.1, 0.15) is 24.0 Å². The van der Waals surface area contributed by atoms with Crippen molar-refractivity contribution in [2.24, 2.45) is 0 Å². The van der Waals surface area contributed by atoms with E-state index in [1.165, 1.54) is 0 Å². The Morgan fingerprint density at radius 3 is 2.24 bits per heavy atom. The summed E-state index contributed by atoms with van der Waals surface area (Å²) in [6.45, 7) is 0. The van der Waals surface area contributed by atoms with E-state index in [2.05, 4.69) is 10.5 Å².